The quantitative estimate of drug-likeness (QED) is 0.638. The fraction of sp³-hybridized carbons (Fsp3) is 0.500. The molecule has 3 N–H and O–H groups in total. The van der Waals surface area contributed by atoms with Gasteiger partial charge in [0.05, 0.1) is 6.10 Å². The second kappa shape index (κ2) is 5.76. The zero-order valence-electron chi connectivity index (χ0n) is 10.4. The van der Waals surface area contributed by atoms with E-state index < -0.39 is 5.97 Å². The summed E-state index contributed by atoms with van der Waals surface area (Å²) in [5, 5.41) is 9.14. The molecule has 0 unspecified atom stereocenters. The molecule has 0 heterocycles. The summed E-state index contributed by atoms with van der Waals surface area (Å²) < 4.78 is 5.85. The Bertz CT molecular complexity index is 423. The molecule has 4 nitrogen and oxygen atoms in total. The number of carboxylic acids is 1. The summed E-state index contributed by atoms with van der Waals surface area (Å²) in [4.78, 5) is 11.1. The second-order valence-electron chi connectivity index (χ2n) is 4.79. The molecule has 0 saturated heterocycles. The van der Waals surface area contributed by atoms with Crippen LogP contribution in [0.1, 0.15) is 48.9 Å². The van der Waals surface area contributed by atoms with Gasteiger partial charge in [0.1, 0.15) is 11.3 Å². The Balaban J connectivity index is 2.14. The molecule has 98 valence electrons. The van der Waals surface area contributed by atoms with E-state index in [0.717, 1.165) is 25.7 Å². The van der Waals surface area contributed by atoms with Crippen molar-refractivity contribution < 1.29 is 14.6 Å². The van der Waals surface area contributed by atoms with Gasteiger partial charge in [-0.25, -0.2) is 4.79 Å². The summed E-state index contributed by atoms with van der Waals surface area (Å²) in [6, 6.07) is 4.79. The predicted octanol–water partition coefficient (Wildman–Crippen LogP) is 3.07. The lowest BCUT2D eigenvalue weighted by Crippen LogP contribution is -2.17. The first kappa shape index (κ1) is 12.7. The van der Waals surface area contributed by atoms with Gasteiger partial charge in [0, 0.05) is 5.69 Å². The molecule has 18 heavy (non-hydrogen) atoms. The van der Waals surface area contributed by atoms with Crippen LogP contribution in [0.25, 0.3) is 0 Å². The summed E-state index contributed by atoms with van der Waals surface area (Å²) in [5.74, 6) is -0.561. The Morgan fingerprint density at radius 2 is 1.89 bits per heavy atom. The van der Waals surface area contributed by atoms with E-state index in [1.165, 1.54) is 18.9 Å². The molecule has 1 fully saturated rings. The van der Waals surface area contributed by atoms with Crippen molar-refractivity contribution in [3.8, 4) is 5.75 Å². The topological polar surface area (TPSA) is 72.5 Å². The molecular formula is C14H19NO3. The molecule has 0 bridgehead atoms. The largest absolute Gasteiger partial charge is 0.490 e. The van der Waals surface area contributed by atoms with Gasteiger partial charge in [-0.2, -0.15) is 0 Å². The van der Waals surface area contributed by atoms with E-state index in [4.69, 9.17) is 15.6 Å². The maximum absolute atomic E-state index is 11.1. The maximum Gasteiger partial charge on any atom is 0.339 e. The molecule has 0 atom stereocenters. The van der Waals surface area contributed by atoms with Gasteiger partial charge in [-0.05, 0) is 43.9 Å². The van der Waals surface area contributed by atoms with Crippen LogP contribution < -0.4 is 10.5 Å². The highest BCUT2D eigenvalue weighted by Crippen LogP contribution is 2.27. The third-order valence-corrected chi connectivity index (χ3v) is 3.33. The molecule has 1 aliphatic rings. The Kier molecular flexibility index (Phi) is 4.07. The molecule has 4 heteroatoms. The van der Waals surface area contributed by atoms with Crippen LogP contribution in [0.3, 0.4) is 0 Å². The van der Waals surface area contributed by atoms with E-state index >= 15 is 0 Å². The Morgan fingerprint density at radius 3 is 2.50 bits per heavy atom. The van der Waals surface area contributed by atoms with Gasteiger partial charge in [-0.3, -0.25) is 0 Å². The summed E-state index contributed by atoms with van der Waals surface area (Å²) in [6.45, 7) is 0. The highest BCUT2D eigenvalue weighted by molar-refractivity contribution is 5.92. The van der Waals surface area contributed by atoms with Crippen LogP contribution in [-0.2, 0) is 0 Å². The Hall–Kier alpha value is -1.71. The van der Waals surface area contributed by atoms with Gasteiger partial charge >= 0.3 is 5.97 Å². The van der Waals surface area contributed by atoms with Crippen LogP contribution in [0.15, 0.2) is 18.2 Å². The fourth-order valence-electron chi connectivity index (χ4n) is 2.36. The van der Waals surface area contributed by atoms with Gasteiger partial charge in [-0.1, -0.05) is 12.8 Å². The second-order valence-corrected chi connectivity index (χ2v) is 4.79. The number of carbonyl (C=O) groups is 1. The number of anilines is 1. The van der Waals surface area contributed by atoms with E-state index in [1.54, 1.807) is 12.1 Å². The van der Waals surface area contributed by atoms with Crippen LogP contribution in [0, 0.1) is 0 Å². The highest BCUT2D eigenvalue weighted by atomic mass is 16.5. The van der Waals surface area contributed by atoms with E-state index in [9.17, 15) is 4.79 Å². The number of aromatic carboxylic acids is 1. The standard InChI is InChI=1S/C14H19NO3/c15-10-7-8-13(12(9-10)14(16)17)18-11-5-3-1-2-4-6-11/h7-9,11H,1-6,15H2,(H,16,17). The number of ether oxygens (including phenoxy) is 1. The summed E-state index contributed by atoms with van der Waals surface area (Å²) in [7, 11) is 0. The van der Waals surface area contributed by atoms with Crippen LogP contribution in [0.4, 0.5) is 5.69 Å². The molecular weight excluding hydrogens is 230 g/mol. The average Bonchev–Trinajstić information content (AvgIpc) is 2.60. The summed E-state index contributed by atoms with van der Waals surface area (Å²) in [6.07, 6.45) is 6.94. The molecule has 1 aliphatic carbocycles. The maximum atomic E-state index is 11.1. The molecule has 0 aromatic heterocycles. The molecule has 0 radical (unpaired) electrons. The zero-order chi connectivity index (χ0) is 13.0. The van der Waals surface area contributed by atoms with Gasteiger partial charge < -0.3 is 15.6 Å². The van der Waals surface area contributed by atoms with E-state index in [-0.39, 0.29) is 11.7 Å². The van der Waals surface area contributed by atoms with Crippen molar-refractivity contribution in [3.63, 3.8) is 0 Å². The third-order valence-electron chi connectivity index (χ3n) is 3.33. The zero-order valence-corrected chi connectivity index (χ0v) is 10.4. The van der Waals surface area contributed by atoms with Crippen LogP contribution >= 0.6 is 0 Å². The van der Waals surface area contributed by atoms with Gasteiger partial charge in [0.15, 0.2) is 0 Å². The van der Waals surface area contributed by atoms with Gasteiger partial charge in [0.2, 0.25) is 0 Å². The highest BCUT2D eigenvalue weighted by Gasteiger charge is 2.18. The Morgan fingerprint density at radius 1 is 1.22 bits per heavy atom. The number of nitrogens with two attached hydrogens (primary N) is 1. The molecule has 1 saturated carbocycles. The molecule has 0 spiro atoms. The van der Waals surface area contributed by atoms with Crippen molar-refractivity contribution >= 4 is 11.7 Å². The predicted molar refractivity (Wildman–Crippen MR) is 69.9 cm³/mol. The molecule has 2 rings (SSSR count). The van der Waals surface area contributed by atoms with E-state index in [1.807, 2.05) is 0 Å². The first-order chi connectivity index (χ1) is 8.66. The number of benzene rings is 1. The fourth-order valence-corrected chi connectivity index (χ4v) is 2.36. The van der Waals surface area contributed by atoms with Crippen molar-refractivity contribution in [3.05, 3.63) is 23.8 Å². The van der Waals surface area contributed by atoms with Crippen LogP contribution in [-0.4, -0.2) is 17.2 Å². The number of carboxylic acid groups (broad SMARTS) is 1. The lowest BCUT2D eigenvalue weighted by molar-refractivity contribution is 0.0688. The van der Waals surface area contributed by atoms with Crippen LogP contribution in [0.2, 0.25) is 0 Å². The lowest BCUT2D eigenvalue weighted by atomic mass is 10.1. The van der Waals surface area contributed by atoms with Gasteiger partial charge in [-0.15, -0.1) is 0 Å². The average molecular weight is 249 g/mol. The number of rotatable bonds is 3. The molecule has 0 amide bonds. The summed E-state index contributed by atoms with van der Waals surface area (Å²) in [5.41, 5.74) is 6.20. The minimum Gasteiger partial charge on any atom is -0.490 e. The van der Waals surface area contributed by atoms with Crippen molar-refractivity contribution in [1.82, 2.24) is 0 Å². The number of hydrogen-bond donors (Lipinski definition) is 2. The summed E-state index contributed by atoms with van der Waals surface area (Å²) >= 11 is 0. The van der Waals surface area contributed by atoms with Crippen molar-refractivity contribution in [2.75, 3.05) is 5.73 Å². The Labute approximate surface area is 107 Å². The lowest BCUT2D eigenvalue weighted by Gasteiger charge is -2.18. The minimum absolute atomic E-state index is 0.134. The van der Waals surface area contributed by atoms with Gasteiger partial charge in [0.25, 0.3) is 0 Å². The smallest absolute Gasteiger partial charge is 0.339 e. The SMILES string of the molecule is Nc1ccc(OC2CCCCCC2)c(C(=O)O)c1. The monoisotopic (exact) mass is 249 g/mol. The normalized spacial score (nSPS) is 17.1. The number of nitrogen functional groups attached to an aromatic ring is 1. The van der Waals surface area contributed by atoms with E-state index in [2.05, 4.69) is 0 Å². The van der Waals surface area contributed by atoms with Crippen molar-refractivity contribution in [1.29, 1.82) is 0 Å². The van der Waals surface area contributed by atoms with Crippen LogP contribution in [0.5, 0.6) is 5.75 Å². The third kappa shape index (κ3) is 3.15. The first-order valence-electron chi connectivity index (χ1n) is 6.46. The minimum atomic E-state index is -0.995. The molecule has 0 aliphatic heterocycles. The molecule has 1 aromatic rings. The molecule has 1 aromatic carbocycles. The van der Waals surface area contributed by atoms with Crippen molar-refractivity contribution in [2.24, 2.45) is 0 Å². The first-order valence-corrected chi connectivity index (χ1v) is 6.46. The number of hydrogen-bond acceptors (Lipinski definition) is 3. The van der Waals surface area contributed by atoms with Crippen molar-refractivity contribution in [2.45, 2.75) is 44.6 Å². The van der Waals surface area contributed by atoms with E-state index in [0.29, 0.717) is 11.4 Å².